The van der Waals surface area contributed by atoms with E-state index in [1.807, 2.05) is 24.0 Å². The molecule has 0 atom stereocenters. The number of carbonyl (C=O) groups excluding carboxylic acids is 1. The van der Waals surface area contributed by atoms with Gasteiger partial charge in [-0.15, -0.1) is 0 Å². The summed E-state index contributed by atoms with van der Waals surface area (Å²) >= 11 is 0. The number of fused-ring (bicyclic) bond motifs is 1. The van der Waals surface area contributed by atoms with Gasteiger partial charge in [0, 0.05) is 30.2 Å². The molecule has 6 nitrogen and oxygen atoms in total. The number of carbonyl (C=O) groups is 1. The van der Waals surface area contributed by atoms with Crippen LogP contribution in [0.2, 0.25) is 0 Å². The fourth-order valence-electron chi connectivity index (χ4n) is 4.39. The summed E-state index contributed by atoms with van der Waals surface area (Å²) in [6, 6.07) is 21.2. The highest BCUT2D eigenvalue weighted by molar-refractivity contribution is 5.93. The first-order valence-corrected chi connectivity index (χ1v) is 12.0. The predicted octanol–water partition coefficient (Wildman–Crippen LogP) is 5.38. The van der Waals surface area contributed by atoms with Gasteiger partial charge in [0.2, 0.25) is 0 Å². The number of nitrogens with zero attached hydrogens (tertiary/aromatic N) is 4. The van der Waals surface area contributed by atoms with E-state index in [-0.39, 0.29) is 5.91 Å². The van der Waals surface area contributed by atoms with Crippen molar-refractivity contribution in [3.63, 3.8) is 0 Å². The maximum atomic E-state index is 13.1. The van der Waals surface area contributed by atoms with E-state index in [2.05, 4.69) is 62.7 Å². The van der Waals surface area contributed by atoms with Crippen LogP contribution in [0.3, 0.4) is 0 Å². The van der Waals surface area contributed by atoms with Gasteiger partial charge in [-0.1, -0.05) is 30.3 Å². The summed E-state index contributed by atoms with van der Waals surface area (Å²) < 4.78 is 0. The van der Waals surface area contributed by atoms with E-state index in [1.54, 1.807) is 12.3 Å². The maximum Gasteiger partial charge on any atom is 0.272 e. The molecule has 34 heavy (non-hydrogen) atoms. The van der Waals surface area contributed by atoms with Crippen LogP contribution in [0.15, 0.2) is 66.9 Å². The molecule has 2 aliphatic rings. The Balaban J connectivity index is 1.30. The Morgan fingerprint density at radius 3 is 2.59 bits per heavy atom. The Morgan fingerprint density at radius 1 is 0.971 bits per heavy atom. The zero-order chi connectivity index (χ0) is 23.1. The zero-order valence-corrected chi connectivity index (χ0v) is 19.2. The molecule has 6 heteroatoms. The lowest BCUT2D eigenvalue weighted by Crippen LogP contribution is -2.33. The molecule has 2 heterocycles. The van der Waals surface area contributed by atoms with Crippen LogP contribution in [-0.2, 0) is 6.54 Å². The van der Waals surface area contributed by atoms with Gasteiger partial charge in [0.25, 0.3) is 5.91 Å². The van der Waals surface area contributed by atoms with Gasteiger partial charge >= 0.3 is 0 Å². The van der Waals surface area contributed by atoms with Gasteiger partial charge < -0.3 is 10.2 Å². The van der Waals surface area contributed by atoms with Crippen molar-refractivity contribution in [2.24, 2.45) is 0 Å². The summed E-state index contributed by atoms with van der Waals surface area (Å²) in [5.74, 6) is 1.70. The minimum Gasteiger partial charge on any atom is -0.367 e. The molecule has 0 unspecified atom stereocenters. The van der Waals surface area contributed by atoms with Crippen LogP contribution in [0.4, 0.5) is 5.82 Å². The minimum atomic E-state index is 0.00233. The van der Waals surface area contributed by atoms with Gasteiger partial charge in [-0.05, 0) is 79.6 Å². The highest BCUT2D eigenvalue weighted by Crippen LogP contribution is 2.33. The van der Waals surface area contributed by atoms with E-state index >= 15 is 0 Å². The third-order valence-corrected chi connectivity index (χ3v) is 6.47. The number of aryl methyl sites for hydroxylation is 1. The van der Waals surface area contributed by atoms with Crippen molar-refractivity contribution in [3.8, 4) is 11.1 Å². The molecule has 2 fully saturated rings. The lowest BCUT2D eigenvalue weighted by Gasteiger charge is -2.22. The van der Waals surface area contributed by atoms with Gasteiger partial charge in [0.1, 0.15) is 17.3 Å². The molecule has 2 aliphatic carbocycles. The summed E-state index contributed by atoms with van der Waals surface area (Å²) in [7, 11) is 0. The fourth-order valence-corrected chi connectivity index (χ4v) is 4.39. The zero-order valence-electron chi connectivity index (χ0n) is 19.2. The summed E-state index contributed by atoms with van der Waals surface area (Å²) in [4.78, 5) is 28.7. The quantitative estimate of drug-likeness (QED) is 0.410. The lowest BCUT2D eigenvalue weighted by molar-refractivity contribution is 0.0724. The van der Waals surface area contributed by atoms with E-state index in [0.29, 0.717) is 24.3 Å². The van der Waals surface area contributed by atoms with Gasteiger partial charge in [-0.25, -0.2) is 9.97 Å². The van der Waals surface area contributed by atoms with Crippen molar-refractivity contribution in [2.45, 2.75) is 51.2 Å². The van der Waals surface area contributed by atoms with Crippen LogP contribution < -0.4 is 5.32 Å². The Morgan fingerprint density at radius 2 is 1.82 bits per heavy atom. The maximum absolute atomic E-state index is 13.1. The number of amides is 1. The van der Waals surface area contributed by atoms with Crippen LogP contribution in [0.25, 0.3) is 22.0 Å². The minimum absolute atomic E-state index is 0.00233. The van der Waals surface area contributed by atoms with Crippen molar-refractivity contribution in [1.82, 2.24) is 19.9 Å². The molecule has 2 aromatic heterocycles. The van der Waals surface area contributed by atoms with Gasteiger partial charge in [-0.2, -0.15) is 0 Å². The third kappa shape index (κ3) is 4.36. The van der Waals surface area contributed by atoms with E-state index in [9.17, 15) is 4.79 Å². The highest BCUT2D eigenvalue weighted by Gasteiger charge is 2.33. The number of aromatic nitrogens is 3. The molecule has 6 rings (SSSR count). The normalized spacial score (nSPS) is 15.3. The molecule has 0 bridgehead atoms. The second kappa shape index (κ2) is 8.52. The molecule has 0 saturated heterocycles. The van der Waals surface area contributed by atoms with E-state index in [4.69, 9.17) is 0 Å². The van der Waals surface area contributed by atoms with Crippen LogP contribution in [-0.4, -0.2) is 37.8 Å². The summed E-state index contributed by atoms with van der Waals surface area (Å²) in [6.07, 6.45) is 6.18. The predicted molar refractivity (Wildman–Crippen MR) is 133 cm³/mol. The molecule has 170 valence electrons. The number of rotatable bonds is 7. The smallest absolute Gasteiger partial charge is 0.272 e. The first-order valence-electron chi connectivity index (χ1n) is 12.0. The number of benzene rings is 2. The second-order valence-electron chi connectivity index (χ2n) is 9.35. The standard InChI is InChI=1S/C28H27N5O/c1-18-30-25-13-8-21(16-24(25)27(31-18)32-22-9-10-22)20-6-4-5-19(15-20)17-33(23-11-12-23)28(34)26-7-2-3-14-29-26/h2-8,13-16,22-23H,9-12,17H2,1H3,(H,30,31,32). The van der Waals surface area contributed by atoms with Crippen LogP contribution >= 0.6 is 0 Å². The van der Waals surface area contributed by atoms with Crippen LogP contribution in [0.5, 0.6) is 0 Å². The van der Waals surface area contributed by atoms with Crippen molar-refractivity contribution < 1.29 is 4.79 Å². The topological polar surface area (TPSA) is 71.0 Å². The molecule has 1 N–H and O–H groups in total. The molecule has 2 aromatic carbocycles. The SMILES string of the molecule is Cc1nc(NC2CC2)c2cc(-c3cccc(CN(C(=O)c4ccccn4)C4CC4)c3)ccc2n1. The average Bonchev–Trinajstić information content (AvgIpc) is 3.78. The summed E-state index contributed by atoms with van der Waals surface area (Å²) in [5.41, 5.74) is 4.82. The summed E-state index contributed by atoms with van der Waals surface area (Å²) in [6.45, 7) is 2.52. The highest BCUT2D eigenvalue weighted by atomic mass is 16.2. The van der Waals surface area contributed by atoms with Gasteiger partial charge in [0.05, 0.1) is 5.52 Å². The molecule has 0 spiro atoms. The molecule has 0 radical (unpaired) electrons. The Kier molecular flexibility index (Phi) is 5.21. The molecule has 4 aromatic rings. The Labute approximate surface area is 199 Å². The summed E-state index contributed by atoms with van der Waals surface area (Å²) in [5, 5.41) is 4.61. The number of pyridine rings is 1. The van der Waals surface area contributed by atoms with Crippen LogP contribution in [0, 0.1) is 6.92 Å². The van der Waals surface area contributed by atoms with Crippen molar-refractivity contribution in [1.29, 1.82) is 0 Å². The monoisotopic (exact) mass is 449 g/mol. The Hall–Kier alpha value is -3.80. The van der Waals surface area contributed by atoms with Crippen molar-refractivity contribution in [3.05, 3.63) is 83.9 Å². The number of nitrogens with one attached hydrogen (secondary N) is 1. The number of anilines is 1. The number of hydrogen-bond donors (Lipinski definition) is 1. The van der Waals surface area contributed by atoms with Crippen LogP contribution in [0.1, 0.15) is 47.6 Å². The van der Waals surface area contributed by atoms with Crippen molar-refractivity contribution in [2.75, 3.05) is 5.32 Å². The molecule has 0 aliphatic heterocycles. The molecule has 1 amide bonds. The second-order valence-corrected chi connectivity index (χ2v) is 9.35. The largest absolute Gasteiger partial charge is 0.367 e. The lowest BCUT2D eigenvalue weighted by atomic mass is 10.0. The Bertz CT molecular complexity index is 1360. The fraction of sp³-hybridized carbons (Fsp3) is 0.286. The first-order chi connectivity index (χ1) is 16.6. The van der Waals surface area contributed by atoms with Crippen molar-refractivity contribution >= 4 is 22.6 Å². The number of hydrogen-bond acceptors (Lipinski definition) is 5. The third-order valence-electron chi connectivity index (χ3n) is 6.47. The van der Waals surface area contributed by atoms with Gasteiger partial charge in [0.15, 0.2) is 0 Å². The molecular formula is C28H27N5O. The molecule has 2 saturated carbocycles. The van der Waals surface area contributed by atoms with E-state index in [1.165, 1.54) is 12.8 Å². The average molecular weight is 450 g/mol. The van der Waals surface area contributed by atoms with Gasteiger partial charge in [-0.3, -0.25) is 9.78 Å². The van der Waals surface area contributed by atoms with E-state index < -0.39 is 0 Å². The molecular weight excluding hydrogens is 422 g/mol. The van der Waals surface area contributed by atoms with E-state index in [0.717, 1.165) is 52.1 Å². The first kappa shape index (κ1) is 20.8.